The Bertz CT molecular complexity index is 754. The van der Waals surface area contributed by atoms with E-state index in [1.807, 2.05) is 49.0 Å². The first-order valence-electron chi connectivity index (χ1n) is 6.01. The number of H-pyrrole nitrogens is 1. The van der Waals surface area contributed by atoms with Crippen molar-refractivity contribution in [1.82, 2.24) is 14.8 Å². The fourth-order valence-corrected chi connectivity index (χ4v) is 2.07. The minimum atomic E-state index is -0.132. The first-order chi connectivity index (χ1) is 9.15. The summed E-state index contributed by atoms with van der Waals surface area (Å²) < 4.78 is 2.00. The fourth-order valence-electron chi connectivity index (χ4n) is 2.07. The van der Waals surface area contributed by atoms with Crippen molar-refractivity contribution in [2.24, 2.45) is 7.05 Å². The van der Waals surface area contributed by atoms with E-state index in [2.05, 4.69) is 15.5 Å². The standard InChI is InChI=1S/C14H14N4O/c1-9-12(8-15-17-9)16-14(19)11-4-3-10-5-6-18(2)13(10)7-11/h3-8H,1-2H3,(H,15,17)(H,16,19). The van der Waals surface area contributed by atoms with Gasteiger partial charge in [0.2, 0.25) is 0 Å². The van der Waals surface area contributed by atoms with E-state index in [9.17, 15) is 4.79 Å². The van der Waals surface area contributed by atoms with Gasteiger partial charge < -0.3 is 9.88 Å². The number of hydrogen-bond donors (Lipinski definition) is 2. The predicted octanol–water partition coefficient (Wildman–Crippen LogP) is 2.46. The van der Waals surface area contributed by atoms with Gasteiger partial charge in [0, 0.05) is 24.3 Å². The topological polar surface area (TPSA) is 62.7 Å². The molecule has 0 saturated carbocycles. The molecule has 3 aromatic rings. The lowest BCUT2D eigenvalue weighted by Crippen LogP contribution is -2.12. The predicted molar refractivity (Wildman–Crippen MR) is 74.2 cm³/mol. The Morgan fingerprint density at radius 1 is 1.37 bits per heavy atom. The molecule has 0 fully saturated rings. The first-order valence-corrected chi connectivity index (χ1v) is 6.01. The first kappa shape index (κ1) is 11.5. The lowest BCUT2D eigenvalue weighted by atomic mass is 10.1. The number of amides is 1. The van der Waals surface area contributed by atoms with E-state index < -0.39 is 0 Å². The smallest absolute Gasteiger partial charge is 0.255 e. The highest BCUT2D eigenvalue weighted by atomic mass is 16.1. The molecule has 2 aromatic heterocycles. The van der Waals surface area contributed by atoms with Crippen LogP contribution in [0.15, 0.2) is 36.7 Å². The summed E-state index contributed by atoms with van der Waals surface area (Å²) in [6, 6.07) is 7.69. The van der Waals surface area contributed by atoms with E-state index >= 15 is 0 Å². The van der Waals surface area contributed by atoms with Crippen LogP contribution >= 0.6 is 0 Å². The van der Waals surface area contributed by atoms with Gasteiger partial charge >= 0.3 is 0 Å². The number of anilines is 1. The van der Waals surface area contributed by atoms with E-state index in [0.717, 1.165) is 16.6 Å². The largest absolute Gasteiger partial charge is 0.351 e. The molecule has 96 valence electrons. The van der Waals surface area contributed by atoms with Gasteiger partial charge in [0.25, 0.3) is 5.91 Å². The van der Waals surface area contributed by atoms with Crippen molar-refractivity contribution in [3.05, 3.63) is 47.9 Å². The van der Waals surface area contributed by atoms with E-state index in [0.29, 0.717) is 11.3 Å². The molecule has 5 heteroatoms. The average molecular weight is 254 g/mol. The molecular formula is C14H14N4O. The van der Waals surface area contributed by atoms with Crippen LogP contribution in [-0.4, -0.2) is 20.7 Å². The van der Waals surface area contributed by atoms with Gasteiger partial charge in [0.1, 0.15) is 0 Å². The van der Waals surface area contributed by atoms with Crippen molar-refractivity contribution in [2.45, 2.75) is 6.92 Å². The van der Waals surface area contributed by atoms with E-state index in [1.165, 1.54) is 0 Å². The van der Waals surface area contributed by atoms with Crippen molar-refractivity contribution >= 4 is 22.5 Å². The second kappa shape index (κ2) is 4.28. The number of aromatic amines is 1. The zero-order chi connectivity index (χ0) is 13.4. The van der Waals surface area contributed by atoms with Gasteiger partial charge in [-0.1, -0.05) is 6.07 Å². The van der Waals surface area contributed by atoms with Gasteiger partial charge in [-0.15, -0.1) is 0 Å². The number of nitrogens with one attached hydrogen (secondary N) is 2. The third kappa shape index (κ3) is 1.99. The summed E-state index contributed by atoms with van der Waals surface area (Å²) in [7, 11) is 1.96. The number of aromatic nitrogens is 3. The highest BCUT2D eigenvalue weighted by Crippen LogP contribution is 2.18. The number of carbonyl (C=O) groups excluding carboxylic acids is 1. The quantitative estimate of drug-likeness (QED) is 0.738. The summed E-state index contributed by atoms with van der Waals surface area (Å²) in [4.78, 5) is 12.2. The summed E-state index contributed by atoms with van der Waals surface area (Å²) in [5.74, 6) is -0.132. The van der Waals surface area contributed by atoms with Gasteiger partial charge in [-0.2, -0.15) is 5.10 Å². The monoisotopic (exact) mass is 254 g/mol. The third-order valence-corrected chi connectivity index (χ3v) is 3.23. The molecule has 0 aliphatic rings. The van der Waals surface area contributed by atoms with Gasteiger partial charge in [-0.25, -0.2) is 0 Å². The van der Waals surface area contributed by atoms with Crippen molar-refractivity contribution in [2.75, 3.05) is 5.32 Å². The van der Waals surface area contributed by atoms with E-state index in [4.69, 9.17) is 0 Å². The highest BCUT2D eigenvalue weighted by molar-refractivity contribution is 6.06. The molecule has 0 bridgehead atoms. The number of rotatable bonds is 2. The molecule has 0 aliphatic heterocycles. The fraction of sp³-hybridized carbons (Fsp3) is 0.143. The number of aryl methyl sites for hydroxylation is 2. The zero-order valence-corrected chi connectivity index (χ0v) is 10.8. The number of hydrogen-bond acceptors (Lipinski definition) is 2. The Balaban J connectivity index is 1.93. The van der Waals surface area contributed by atoms with Crippen molar-refractivity contribution in [1.29, 1.82) is 0 Å². The Hall–Kier alpha value is -2.56. The second-order valence-corrected chi connectivity index (χ2v) is 4.56. The maximum Gasteiger partial charge on any atom is 0.255 e. The molecule has 0 atom stereocenters. The summed E-state index contributed by atoms with van der Waals surface area (Å²) in [5.41, 5.74) is 3.22. The van der Waals surface area contributed by atoms with E-state index in [-0.39, 0.29) is 5.91 Å². The van der Waals surface area contributed by atoms with Gasteiger partial charge in [-0.3, -0.25) is 9.89 Å². The third-order valence-electron chi connectivity index (χ3n) is 3.23. The van der Waals surface area contributed by atoms with Crippen LogP contribution in [-0.2, 0) is 7.05 Å². The zero-order valence-electron chi connectivity index (χ0n) is 10.8. The molecule has 0 unspecified atom stereocenters. The molecule has 19 heavy (non-hydrogen) atoms. The normalized spacial score (nSPS) is 10.8. The molecular weight excluding hydrogens is 240 g/mol. The second-order valence-electron chi connectivity index (χ2n) is 4.56. The van der Waals surface area contributed by atoms with Gasteiger partial charge in [0.05, 0.1) is 17.6 Å². The van der Waals surface area contributed by atoms with Crippen molar-refractivity contribution in [3.8, 4) is 0 Å². The number of benzene rings is 1. The van der Waals surface area contributed by atoms with Crippen molar-refractivity contribution in [3.63, 3.8) is 0 Å². The van der Waals surface area contributed by atoms with Crippen LogP contribution in [0.4, 0.5) is 5.69 Å². The van der Waals surface area contributed by atoms with Crippen LogP contribution in [0.5, 0.6) is 0 Å². The van der Waals surface area contributed by atoms with Crippen LogP contribution in [0.2, 0.25) is 0 Å². The summed E-state index contributed by atoms with van der Waals surface area (Å²) in [6.07, 6.45) is 3.58. The van der Waals surface area contributed by atoms with Gasteiger partial charge in [-0.05, 0) is 30.5 Å². The minimum Gasteiger partial charge on any atom is -0.351 e. The minimum absolute atomic E-state index is 0.132. The molecule has 2 N–H and O–H groups in total. The lowest BCUT2D eigenvalue weighted by molar-refractivity contribution is 0.102. The van der Waals surface area contributed by atoms with Crippen LogP contribution in [0.25, 0.3) is 10.9 Å². The Morgan fingerprint density at radius 2 is 2.21 bits per heavy atom. The maximum absolute atomic E-state index is 12.2. The molecule has 0 radical (unpaired) electrons. The van der Waals surface area contributed by atoms with Crippen molar-refractivity contribution < 1.29 is 4.79 Å². The van der Waals surface area contributed by atoms with Crippen LogP contribution in [0.3, 0.4) is 0 Å². The summed E-state index contributed by atoms with van der Waals surface area (Å²) >= 11 is 0. The molecule has 1 amide bonds. The molecule has 0 saturated heterocycles. The maximum atomic E-state index is 12.2. The molecule has 5 nitrogen and oxygen atoms in total. The summed E-state index contributed by atoms with van der Waals surface area (Å²) in [5, 5.41) is 10.6. The number of carbonyl (C=O) groups is 1. The number of nitrogens with zero attached hydrogens (tertiary/aromatic N) is 2. The van der Waals surface area contributed by atoms with Crippen LogP contribution in [0.1, 0.15) is 16.1 Å². The van der Waals surface area contributed by atoms with Crippen LogP contribution < -0.4 is 5.32 Å². The van der Waals surface area contributed by atoms with Crippen LogP contribution in [0, 0.1) is 6.92 Å². The lowest BCUT2D eigenvalue weighted by Gasteiger charge is -2.05. The average Bonchev–Trinajstić information content (AvgIpc) is 2.97. The molecule has 1 aromatic carbocycles. The molecule has 0 spiro atoms. The summed E-state index contributed by atoms with van der Waals surface area (Å²) in [6.45, 7) is 1.86. The SMILES string of the molecule is Cc1[nH]ncc1NC(=O)c1ccc2ccn(C)c2c1. The Kier molecular flexibility index (Phi) is 2.59. The molecule has 3 rings (SSSR count). The Labute approximate surface area is 110 Å². The molecule has 0 aliphatic carbocycles. The molecule has 2 heterocycles. The highest BCUT2D eigenvalue weighted by Gasteiger charge is 2.10. The van der Waals surface area contributed by atoms with E-state index in [1.54, 1.807) is 6.20 Å². The Morgan fingerprint density at radius 3 is 2.95 bits per heavy atom. The number of fused-ring (bicyclic) bond motifs is 1. The van der Waals surface area contributed by atoms with Gasteiger partial charge in [0.15, 0.2) is 0 Å².